The average Bonchev–Trinajstić information content (AvgIpc) is 3.24. The third kappa shape index (κ3) is 4.61. The lowest BCUT2D eigenvalue weighted by Gasteiger charge is -2.12. The molecule has 1 amide bonds. The van der Waals surface area contributed by atoms with E-state index in [9.17, 15) is 22.4 Å². The number of rotatable bonds is 7. The molecule has 2 N–H and O–H groups in total. The van der Waals surface area contributed by atoms with Gasteiger partial charge in [0.2, 0.25) is 0 Å². The summed E-state index contributed by atoms with van der Waals surface area (Å²) in [6.45, 7) is 5.27. The Balaban J connectivity index is 1.64. The second kappa shape index (κ2) is 8.29. The van der Waals surface area contributed by atoms with E-state index < -0.39 is 24.8 Å². The molecule has 1 fully saturated rings. The van der Waals surface area contributed by atoms with E-state index in [0.717, 1.165) is 11.1 Å². The van der Waals surface area contributed by atoms with Gasteiger partial charge in [0.25, 0.3) is 5.91 Å². The highest BCUT2D eigenvalue weighted by Crippen LogP contribution is 2.29. The molecule has 1 aliphatic carbocycles. The van der Waals surface area contributed by atoms with E-state index in [1.54, 1.807) is 48.0 Å². The van der Waals surface area contributed by atoms with Crippen molar-refractivity contribution >= 4 is 23.3 Å². The van der Waals surface area contributed by atoms with Crippen molar-refractivity contribution in [3.8, 4) is 11.3 Å². The van der Waals surface area contributed by atoms with Crippen molar-refractivity contribution in [2.75, 3.05) is 11.9 Å². The smallest absolute Gasteiger partial charge is 0.382 e. The van der Waals surface area contributed by atoms with Gasteiger partial charge in [-0.05, 0) is 36.2 Å². The summed E-state index contributed by atoms with van der Waals surface area (Å²) < 4.78 is 52.5. The van der Waals surface area contributed by atoms with Crippen molar-refractivity contribution in [3.05, 3.63) is 59.9 Å². The highest BCUT2D eigenvalue weighted by atomic mass is 19.4. The van der Waals surface area contributed by atoms with E-state index >= 15 is 0 Å². The van der Waals surface area contributed by atoms with Crippen LogP contribution in [0.5, 0.6) is 0 Å². The topological polar surface area (TPSA) is 58.4 Å². The zero-order valence-corrected chi connectivity index (χ0v) is 17.3. The fourth-order valence-corrected chi connectivity index (χ4v) is 3.54. The largest absolute Gasteiger partial charge is 0.390 e. The third-order valence-corrected chi connectivity index (χ3v) is 5.38. The number of aryl methyl sites for hydroxylation is 1. The number of halogens is 4. The summed E-state index contributed by atoms with van der Waals surface area (Å²) >= 11 is 0. The Labute approximate surface area is 182 Å². The Morgan fingerprint density at radius 3 is 2.72 bits per heavy atom. The fourth-order valence-electron chi connectivity index (χ4n) is 3.54. The number of amides is 1. The number of nitrogens with zero attached hydrogens (tertiary/aromatic N) is 2. The standard InChI is InChI=1S/C23H22F4N4O/c1-3-14-9-19(28-7-6-23(25,26)27)21-29-11-20(31(21)12-14)15-4-5-16(13(2)8-15)22(32)30-18-10-17(18)24/h3-5,8-9,11-12,17-18,28H,1,6-7,10H2,2H3,(H,30,32). The molecule has 3 aromatic rings. The molecule has 168 valence electrons. The van der Waals surface area contributed by atoms with E-state index in [2.05, 4.69) is 22.2 Å². The van der Waals surface area contributed by atoms with Gasteiger partial charge in [0.05, 0.1) is 30.0 Å². The third-order valence-electron chi connectivity index (χ3n) is 5.38. The number of alkyl halides is 4. The van der Waals surface area contributed by atoms with Crippen LogP contribution in [0.15, 0.2) is 43.2 Å². The number of carbonyl (C=O) groups excluding carboxylic acids is 1. The highest BCUT2D eigenvalue weighted by Gasteiger charge is 2.38. The van der Waals surface area contributed by atoms with Gasteiger partial charge in [0, 0.05) is 30.3 Å². The maximum Gasteiger partial charge on any atom is 0.390 e. The Morgan fingerprint density at radius 1 is 1.34 bits per heavy atom. The number of imidazole rings is 1. The summed E-state index contributed by atoms with van der Waals surface area (Å²) in [6.07, 6.45) is -0.820. The molecule has 0 radical (unpaired) electrons. The lowest BCUT2D eigenvalue weighted by Crippen LogP contribution is -2.27. The summed E-state index contributed by atoms with van der Waals surface area (Å²) in [5.41, 5.74) is 4.33. The Bertz CT molecular complexity index is 1180. The molecule has 0 aliphatic heterocycles. The van der Waals surface area contributed by atoms with E-state index in [1.165, 1.54) is 0 Å². The van der Waals surface area contributed by atoms with Crippen LogP contribution in [-0.4, -0.2) is 40.2 Å². The molecular formula is C23H22F4N4O. The minimum absolute atomic E-state index is 0.272. The first kappa shape index (κ1) is 21.9. The van der Waals surface area contributed by atoms with Crippen LogP contribution in [0.25, 0.3) is 23.0 Å². The number of benzene rings is 1. The van der Waals surface area contributed by atoms with Crippen LogP contribution in [0.3, 0.4) is 0 Å². The second-order valence-electron chi connectivity index (χ2n) is 7.88. The van der Waals surface area contributed by atoms with E-state index in [-0.39, 0.29) is 12.5 Å². The molecule has 1 aliphatic rings. The fraction of sp³-hybridized carbons (Fsp3) is 0.304. The Hall–Kier alpha value is -3.36. The van der Waals surface area contributed by atoms with Gasteiger partial charge in [-0.3, -0.25) is 9.20 Å². The first-order chi connectivity index (χ1) is 15.2. The van der Waals surface area contributed by atoms with Gasteiger partial charge in [-0.25, -0.2) is 9.37 Å². The molecule has 0 bridgehead atoms. The molecule has 2 unspecified atom stereocenters. The van der Waals surface area contributed by atoms with Crippen molar-refractivity contribution in [1.29, 1.82) is 0 Å². The monoisotopic (exact) mass is 446 g/mol. The van der Waals surface area contributed by atoms with Crippen LogP contribution in [0, 0.1) is 6.92 Å². The van der Waals surface area contributed by atoms with Crippen molar-refractivity contribution in [2.24, 2.45) is 0 Å². The molecule has 32 heavy (non-hydrogen) atoms. The minimum Gasteiger partial charge on any atom is -0.382 e. The van der Waals surface area contributed by atoms with Crippen molar-refractivity contribution < 1.29 is 22.4 Å². The molecule has 0 spiro atoms. The summed E-state index contributed by atoms with van der Waals surface area (Å²) in [4.78, 5) is 16.8. The number of anilines is 1. The summed E-state index contributed by atoms with van der Waals surface area (Å²) in [7, 11) is 0. The first-order valence-electron chi connectivity index (χ1n) is 10.2. The molecule has 9 heteroatoms. The lowest BCUT2D eigenvalue weighted by molar-refractivity contribution is -0.131. The molecule has 0 saturated heterocycles. The molecule has 2 aromatic heterocycles. The Kier molecular flexibility index (Phi) is 5.66. The average molecular weight is 446 g/mol. The van der Waals surface area contributed by atoms with Crippen LogP contribution in [-0.2, 0) is 0 Å². The van der Waals surface area contributed by atoms with Crippen molar-refractivity contribution in [3.63, 3.8) is 0 Å². The van der Waals surface area contributed by atoms with E-state index in [0.29, 0.717) is 34.6 Å². The minimum atomic E-state index is -4.25. The Morgan fingerprint density at radius 2 is 2.09 bits per heavy atom. The van der Waals surface area contributed by atoms with Crippen LogP contribution in [0.2, 0.25) is 0 Å². The van der Waals surface area contributed by atoms with Crippen molar-refractivity contribution in [2.45, 2.75) is 38.2 Å². The molecule has 4 rings (SSSR count). The van der Waals surface area contributed by atoms with Crippen LogP contribution >= 0.6 is 0 Å². The number of fused-ring (bicyclic) bond motifs is 1. The van der Waals surface area contributed by atoms with Gasteiger partial charge < -0.3 is 10.6 Å². The summed E-state index contributed by atoms with van der Waals surface area (Å²) in [6, 6.07) is 6.55. The first-order valence-corrected chi connectivity index (χ1v) is 10.2. The summed E-state index contributed by atoms with van der Waals surface area (Å²) in [5.74, 6) is -0.317. The molecular weight excluding hydrogens is 424 g/mol. The number of carbonyl (C=O) groups is 1. The van der Waals surface area contributed by atoms with Crippen LogP contribution < -0.4 is 10.6 Å². The molecule has 1 aromatic carbocycles. The van der Waals surface area contributed by atoms with Crippen LogP contribution in [0.1, 0.15) is 34.3 Å². The molecule has 1 saturated carbocycles. The van der Waals surface area contributed by atoms with E-state index in [1.807, 2.05) is 6.07 Å². The maximum atomic E-state index is 13.1. The number of hydrogen-bond acceptors (Lipinski definition) is 3. The number of hydrogen-bond donors (Lipinski definition) is 2. The van der Waals surface area contributed by atoms with Gasteiger partial charge in [-0.15, -0.1) is 0 Å². The molecule has 5 nitrogen and oxygen atoms in total. The lowest BCUT2D eigenvalue weighted by atomic mass is 10.0. The second-order valence-corrected chi connectivity index (χ2v) is 7.88. The highest BCUT2D eigenvalue weighted by molar-refractivity contribution is 5.96. The van der Waals surface area contributed by atoms with Gasteiger partial charge in [0.15, 0.2) is 5.65 Å². The molecule has 2 atom stereocenters. The number of nitrogens with one attached hydrogen (secondary N) is 2. The quantitative estimate of drug-likeness (QED) is 0.493. The predicted molar refractivity (Wildman–Crippen MR) is 115 cm³/mol. The zero-order valence-electron chi connectivity index (χ0n) is 17.3. The van der Waals surface area contributed by atoms with Gasteiger partial charge >= 0.3 is 6.18 Å². The SMILES string of the molecule is C=Cc1cc(NCCC(F)(F)F)c2ncc(-c3ccc(C(=O)NC4CC4F)c(C)c3)n2c1. The predicted octanol–water partition coefficient (Wildman–Crippen LogP) is 5.16. The van der Waals surface area contributed by atoms with Gasteiger partial charge in [-0.2, -0.15) is 13.2 Å². The van der Waals surface area contributed by atoms with Crippen LogP contribution in [0.4, 0.5) is 23.2 Å². The van der Waals surface area contributed by atoms with Crippen molar-refractivity contribution in [1.82, 2.24) is 14.7 Å². The van der Waals surface area contributed by atoms with Gasteiger partial charge in [0.1, 0.15) is 6.17 Å². The zero-order chi connectivity index (χ0) is 23.0. The number of pyridine rings is 1. The maximum absolute atomic E-state index is 13.1. The molecule has 2 heterocycles. The number of aromatic nitrogens is 2. The van der Waals surface area contributed by atoms with Gasteiger partial charge in [-0.1, -0.05) is 18.7 Å². The summed E-state index contributed by atoms with van der Waals surface area (Å²) in [5, 5.41) is 5.48. The normalized spacial score (nSPS) is 17.9. The van der Waals surface area contributed by atoms with E-state index in [4.69, 9.17) is 0 Å².